The van der Waals surface area contributed by atoms with Crippen molar-refractivity contribution in [3.05, 3.63) is 29.8 Å². The van der Waals surface area contributed by atoms with Crippen molar-refractivity contribution in [3.63, 3.8) is 0 Å². The Morgan fingerprint density at radius 1 is 1.33 bits per heavy atom. The number of likely N-dealkylation sites (N-methyl/N-ethyl adjacent to an activating group) is 1. The topological polar surface area (TPSA) is 32.8 Å². The molecule has 1 fully saturated rings. The Morgan fingerprint density at radius 3 is 2.71 bits per heavy atom. The maximum atomic E-state index is 12.5. The molecule has 1 aromatic carbocycles. The van der Waals surface area contributed by atoms with Gasteiger partial charge in [-0.3, -0.25) is 9.69 Å². The minimum atomic E-state index is 0.203. The van der Waals surface area contributed by atoms with Crippen LogP contribution in [0, 0.1) is 0 Å². The Bertz CT molecular complexity index is 472. The number of benzene rings is 1. The van der Waals surface area contributed by atoms with Crippen LogP contribution in [0.2, 0.25) is 0 Å². The van der Waals surface area contributed by atoms with Crippen LogP contribution in [-0.2, 0) is 11.2 Å². The van der Waals surface area contributed by atoms with E-state index in [0.717, 1.165) is 43.9 Å². The molecular formula is C17H26N2O2. The summed E-state index contributed by atoms with van der Waals surface area (Å²) in [5.41, 5.74) is 0.969. The molecule has 0 aliphatic carbocycles. The van der Waals surface area contributed by atoms with E-state index >= 15 is 0 Å². The van der Waals surface area contributed by atoms with Gasteiger partial charge in [-0.15, -0.1) is 0 Å². The summed E-state index contributed by atoms with van der Waals surface area (Å²) in [6.07, 6.45) is 1.51. The number of likely N-dealkylation sites (tertiary alicyclic amines) is 1. The van der Waals surface area contributed by atoms with Crippen LogP contribution in [0.1, 0.15) is 25.8 Å². The predicted molar refractivity (Wildman–Crippen MR) is 84.6 cm³/mol. The van der Waals surface area contributed by atoms with Crippen molar-refractivity contribution in [2.45, 2.75) is 32.7 Å². The minimum absolute atomic E-state index is 0.203. The van der Waals surface area contributed by atoms with E-state index < -0.39 is 0 Å². The molecule has 1 aliphatic rings. The predicted octanol–water partition coefficient (Wildman–Crippen LogP) is 2.18. The van der Waals surface area contributed by atoms with E-state index in [1.54, 1.807) is 7.11 Å². The lowest BCUT2D eigenvalue weighted by molar-refractivity contribution is -0.129. The first-order chi connectivity index (χ1) is 10.2. The molecule has 0 radical (unpaired) electrons. The zero-order valence-corrected chi connectivity index (χ0v) is 13.3. The van der Waals surface area contributed by atoms with E-state index in [9.17, 15) is 4.79 Å². The zero-order chi connectivity index (χ0) is 15.2. The molecule has 0 bridgehead atoms. The largest absolute Gasteiger partial charge is 0.496 e. The monoisotopic (exact) mass is 290 g/mol. The van der Waals surface area contributed by atoms with Crippen molar-refractivity contribution < 1.29 is 9.53 Å². The lowest BCUT2D eigenvalue weighted by Crippen LogP contribution is -2.39. The summed E-state index contributed by atoms with van der Waals surface area (Å²) in [6.45, 7) is 8.20. The highest BCUT2D eigenvalue weighted by atomic mass is 16.5. The maximum Gasteiger partial charge on any atom is 0.227 e. The van der Waals surface area contributed by atoms with E-state index in [4.69, 9.17) is 4.74 Å². The lowest BCUT2D eigenvalue weighted by atomic mass is 10.1. The van der Waals surface area contributed by atoms with E-state index in [0.29, 0.717) is 12.5 Å². The van der Waals surface area contributed by atoms with E-state index in [1.807, 2.05) is 29.2 Å². The maximum absolute atomic E-state index is 12.5. The van der Waals surface area contributed by atoms with Crippen LogP contribution in [0.15, 0.2) is 24.3 Å². The number of methoxy groups -OCH3 is 1. The number of ether oxygens (including phenoxy) is 1. The highest BCUT2D eigenvalue weighted by Crippen LogP contribution is 2.21. The van der Waals surface area contributed by atoms with Gasteiger partial charge < -0.3 is 9.64 Å². The van der Waals surface area contributed by atoms with Gasteiger partial charge in [0.1, 0.15) is 5.75 Å². The Hall–Kier alpha value is -1.55. The third-order valence-electron chi connectivity index (χ3n) is 4.38. The molecule has 2 rings (SSSR count). The minimum Gasteiger partial charge on any atom is -0.496 e. The van der Waals surface area contributed by atoms with Crippen molar-refractivity contribution in [1.29, 1.82) is 0 Å². The fourth-order valence-electron chi connectivity index (χ4n) is 3.13. The molecule has 0 aromatic heterocycles. The van der Waals surface area contributed by atoms with Gasteiger partial charge >= 0.3 is 0 Å². The molecule has 1 aromatic rings. The van der Waals surface area contributed by atoms with E-state index in [2.05, 4.69) is 18.7 Å². The van der Waals surface area contributed by atoms with Gasteiger partial charge in [-0.05, 0) is 25.6 Å². The van der Waals surface area contributed by atoms with Crippen LogP contribution in [0.5, 0.6) is 5.75 Å². The van der Waals surface area contributed by atoms with Crippen LogP contribution in [0.4, 0.5) is 0 Å². The molecule has 0 N–H and O–H groups in total. The average Bonchev–Trinajstić information content (AvgIpc) is 2.99. The van der Waals surface area contributed by atoms with Gasteiger partial charge in [0.2, 0.25) is 5.91 Å². The fraction of sp³-hybridized carbons (Fsp3) is 0.588. The number of para-hydroxylation sites is 1. The molecule has 21 heavy (non-hydrogen) atoms. The summed E-state index contributed by atoms with van der Waals surface area (Å²) in [6, 6.07) is 8.27. The van der Waals surface area contributed by atoms with Gasteiger partial charge in [0.15, 0.2) is 0 Å². The molecule has 1 saturated heterocycles. The van der Waals surface area contributed by atoms with Crippen LogP contribution >= 0.6 is 0 Å². The number of nitrogens with zero attached hydrogens (tertiary/aromatic N) is 2. The molecule has 4 heteroatoms. The van der Waals surface area contributed by atoms with Crippen molar-refractivity contribution in [2.24, 2.45) is 0 Å². The van der Waals surface area contributed by atoms with Crippen molar-refractivity contribution in [3.8, 4) is 5.75 Å². The van der Waals surface area contributed by atoms with Crippen molar-refractivity contribution in [2.75, 3.05) is 33.3 Å². The average molecular weight is 290 g/mol. The Morgan fingerprint density at radius 2 is 2.05 bits per heavy atom. The number of rotatable bonds is 6. The summed E-state index contributed by atoms with van der Waals surface area (Å²) in [7, 11) is 1.65. The number of hydrogen-bond donors (Lipinski definition) is 0. The van der Waals surface area contributed by atoms with Gasteiger partial charge in [-0.1, -0.05) is 32.0 Å². The molecule has 4 nitrogen and oxygen atoms in total. The van der Waals surface area contributed by atoms with Crippen LogP contribution in [0.25, 0.3) is 0 Å². The first-order valence-electron chi connectivity index (χ1n) is 7.83. The second-order valence-electron chi connectivity index (χ2n) is 5.49. The van der Waals surface area contributed by atoms with Crippen LogP contribution in [-0.4, -0.2) is 55.0 Å². The smallest absolute Gasteiger partial charge is 0.227 e. The van der Waals surface area contributed by atoms with Crippen LogP contribution in [0.3, 0.4) is 0 Å². The Balaban J connectivity index is 1.96. The lowest BCUT2D eigenvalue weighted by Gasteiger charge is -2.26. The first-order valence-corrected chi connectivity index (χ1v) is 7.83. The van der Waals surface area contributed by atoms with Gasteiger partial charge in [-0.25, -0.2) is 0 Å². The summed E-state index contributed by atoms with van der Waals surface area (Å²) in [4.78, 5) is 16.9. The second-order valence-corrected chi connectivity index (χ2v) is 5.49. The number of carbonyl (C=O) groups is 1. The molecule has 1 unspecified atom stereocenters. The third-order valence-corrected chi connectivity index (χ3v) is 4.38. The standard InChI is InChI=1S/C17H26N2O2/c1-4-18(5-2)15-10-11-19(13-15)17(20)12-14-8-6-7-9-16(14)21-3/h6-9,15H,4-5,10-13H2,1-3H3. The number of amides is 1. The first kappa shape index (κ1) is 15.8. The highest BCUT2D eigenvalue weighted by Gasteiger charge is 2.29. The molecule has 1 amide bonds. The molecule has 116 valence electrons. The van der Waals surface area contributed by atoms with Gasteiger partial charge in [-0.2, -0.15) is 0 Å². The molecular weight excluding hydrogens is 264 g/mol. The number of carbonyl (C=O) groups excluding carboxylic acids is 1. The van der Waals surface area contributed by atoms with Gasteiger partial charge in [0.05, 0.1) is 13.5 Å². The molecule has 1 aliphatic heterocycles. The summed E-state index contributed by atoms with van der Waals surface area (Å²) >= 11 is 0. The molecule has 0 saturated carbocycles. The van der Waals surface area contributed by atoms with E-state index in [-0.39, 0.29) is 5.91 Å². The SMILES string of the molecule is CCN(CC)C1CCN(C(=O)Cc2ccccc2OC)C1. The Kier molecular flexibility index (Phi) is 5.62. The summed E-state index contributed by atoms with van der Waals surface area (Å²) in [5, 5.41) is 0. The highest BCUT2D eigenvalue weighted by molar-refractivity contribution is 5.79. The normalized spacial score (nSPS) is 18.3. The Labute approximate surface area is 127 Å². The van der Waals surface area contributed by atoms with E-state index in [1.165, 1.54) is 0 Å². The van der Waals surface area contributed by atoms with Crippen molar-refractivity contribution >= 4 is 5.91 Å². The van der Waals surface area contributed by atoms with Crippen molar-refractivity contribution in [1.82, 2.24) is 9.80 Å². The molecule has 0 spiro atoms. The van der Waals surface area contributed by atoms with Gasteiger partial charge in [0, 0.05) is 24.7 Å². The zero-order valence-electron chi connectivity index (χ0n) is 13.3. The summed E-state index contributed by atoms with van der Waals surface area (Å²) < 4.78 is 5.32. The quantitative estimate of drug-likeness (QED) is 0.805. The molecule has 1 atom stereocenters. The molecule has 1 heterocycles. The number of hydrogen-bond acceptors (Lipinski definition) is 3. The summed E-state index contributed by atoms with van der Waals surface area (Å²) in [5.74, 6) is 1.000. The second kappa shape index (κ2) is 7.46. The third kappa shape index (κ3) is 3.76. The fourth-order valence-corrected chi connectivity index (χ4v) is 3.13. The van der Waals surface area contributed by atoms with Gasteiger partial charge in [0.25, 0.3) is 0 Å². The van der Waals surface area contributed by atoms with Crippen LogP contribution < -0.4 is 4.74 Å².